The second kappa shape index (κ2) is 12.7. The first-order valence-electron chi connectivity index (χ1n) is 11.8. The maximum absolute atomic E-state index is 14.0. The molecule has 4 aromatic rings. The molecule has 9 nitrogen and oxygen atoms in total. The van der Waals surface area contributed by atoms with Gasteiger partial charge in [0.05, 0.1) is 22.4 Å². The van der Waals surface area contributed by atoms with E-state index in [4.69, 9.17) is 16.3 Å². The minimum absolute atomic E-state index is 0.133. The molecule has 15 heteroatoms. The first kappa shape index (κ1) is 30.6. The number of carbonyl (C=O) groups excluding carboxylic acids is 1. The van der Waals surface area contributed by atoms with Gasteiger partial charge in [0.2, 0.25) is 10.0 Å². The second-order valence-corrected chi connectivity index (χ2v) is 12.2. The Labute approximate surface area is 247 Å². The number of hydrogen-bond acceptors (Lipinski definition) is 8. The highest BCUT2D eigenvalue weighted by Gasteiger charge is 2.19. The lowest BCUT2D eigenvalue weighted by Crippen LogP contribution is -2.12. The Kier molecular flexibility index (Phi) is 9.25. The van der Waals surface area contributed by atoms with Crippen molar-refractivity contribution in [1.82, 2.24) is 4.98 Å². The molecule has 42 heavy (non-hydrogen) atoms. The van der Waals surface area contributed by atoms with Crippen LogP contribution in [0.4, 0.5) is 24.5 Å². The molecule has 0 aliphatic heterocycles. The molecular formula is C27H20ClF3N4O5S2. The number of aryl methyl sites for hydroxylation is 1. The molecule has 2 heterocycles. The Morgan fingerprint density at radius 3 is 2.57 bits per heavy atom. The zero-order valence-electron chi connectivity index (χ0n) is 21.7. The van der Waals surface area contributed by atoms with Crippen molar-refractivity contribution in [2.45, 2.75) is 20.1 Å². The number of sulfonamides is 1. The lowest BCUT2D eigenvalue weighted by Gasteiger charge is -2.12. The number of amides is 1. The van der Waals surface area contributed by atoms with E-state index in [2.05, 4.69) is 19.8 Å². The molecule has 218 valence electrons. The van der Waals surface area contributed by atoms with Gasteiger partial charge in [-0.05, 0) is 48.9 Å². The van der Waals surface area contributed by atoms with Gasteiger partial charge in [0.15, 0.2) is 0 Å². The highest BCUT2D eigenvalue weighted by atomic mass is 35.5. The van der Waals surface area contributed by atoms with Crippen molar-refractivity contribution in [3.8, 4) is 28.8 Å². The number of nitrogens with zero attached hydrogens (tertiary/aromatic N) is 2. The van der Waals surface area contributed by atoms with Crippen LogP contribution in [-0.2, 0) is 16.6 Å². The SMILES string of the molecule is Cc1sc(C(=O)Nc2cc(Cl)cc(NS(C)(=O)=O)c2)cc1-c1ncc(C#N)cc1OCc1cc(F)cc(OC(F)F)c1. The predicted octanol–water partition coefficient (Wildman–Crippen LogP) is 6.59. The van der Waals surface area contributed by atoms with Crippen LogP contribution in [0.15, 0.2) is 54.7 Å². The fourth-order valence-electron chi connectivity index (χ4n) is 3.81. The Balaban J connectivity index is 1.60. The average molecular weight is 637 g/mol. The number of pyridine rings is 1. The number of nitrogens with one attached hydrogen (secondary N) is 2. The van der Waals surface area contributed by atoms with E-state index in [1.54, 1.807) is 13.0 Å². The standard InChI is InChI=1S/C27H20ClF3N4O5S2/c1-14-22(10-24(41-14)26(36)34-19-6-17(28)7-20(9-19)35-42(2,37)38)25-23(5-16(11-32)12-33-25)39-13-15-3-18(29)8-21(4-15)40-27(30)31/h3-10,12,27,35H,13H2,1-2H3,(H,34,36). The number of aromatic nitrogens is 1. The maximum atomic E-state index is 14.0. The van der Waals surface area contributed by atoms with Gasteiger partial charge in [-0.2, -0.15) is 14.0 Å². The summed E-state index contributed by atoms with van der Waals surface area (Å²) in [4.78, 5) is 18.4. The van der Waals surface area contributed by atoms with E-state index < -0.39 is 28.4 Å². The van der Waals surface area contributed by atoms with Gasteiger partial charge >= 0.3 is 6.61 Å². The highest BCUT2D eigenvalue weighted by molar-refractivity contribution is 7.92. The molecule has 2 aromatic carbocycles. The summed E-state index contributed by atoms with van der Waals surface area (Å²) in [6.07, 6.45) is 2.30. The molecule has 1 amide bonds. The van der Waals surface area contributed by atoms with Gasteiger partial charge in [0.1, 0.15) is 35.7 Å². The van der Waals surface area contributed by atoms with Gasteiger partial charge in [0.25, 0.3) is 5.91 Å². The number of rotatable bonds is 10. The van der Waals surface area contributed by atoms with Crippen molar-refractivity contribution in [2.75, 3.05) is 16.3 Å². The summed E-state index contributed by atoms with van der Waals surface area (Å²) in [6, 6.07) is 12.3. The van der Waals surface area contributed by atoms with E-state index in [0.717, 1.165) is 29.7 Å². The molecule has 0 saturated carbocycles. The van der Waals surface area contributed by atoms with Crippen LogP contribution < -0.4 is 19.5 Å². The number of benzene rings is 2. The first-order chi connectivity index (χ1) is 19.8. The van der Waals surface area contributed by atoms with Gasteiger partial charge in [-0.3, -0.25) is 14.5 Å². The summed E-state index contributed by atoms with van der Waals surface area (Å²) in [5.74, 6) is -1.56. The van der Waals surface area contributed by atoms with Crippen molar-refractivity contribution in [3.05, 3.63) is 86.4 Å². The number of nitriles is 1. The van der Waals surface area contributed by atoms with Gasteiger partial charge in [-0.1, -0.05) is 11.6 Å². The molecule has 2 aromatic heterocycles. The average Bonchev–Trinajstić information content (AvgIpc) is 3.26. The third-order valence-corrected chi connectivity index (χ3v) is 7.26. The van der Waals surface area contributed by atoms with Crippen LogP contribution in [0.2, 0.25) is 5.02 Å². The van der Waals surface area contributed by atoms with Crippen LogP contribution in [0, 0.1) is 24.1 Å². The van der Waals surface area contributed by atoms with Crippen molar-refractivity contribution in [2.24, 2.45) is 0 Å². The van der Waals surface area contributed by atoms with Crippen LogP contribution >= 0.6 is 22.9 Å². The summed E-state index contributed by atoms with van der Waals surface area (Å²) >= 11 is 7.23. The van der Waals surface area contributed by atoms with Crippen LogP contribution in [0.3, 0.4) is 0 Å². The zero-order valence-corrected chi connectivity index (χ0v) is 24.1. The van der Waals surface area contributed by atoms with E-state index >= 15 is 0 Å². The van der Waals surface area contributed by atoms with Gasteiger partial charge in [-0.15, -0.1) is 11.3 Å². The predicted molar refractivity (Wildman–Crippen MR) is 152 cm³/mol. The Hall–Kier alpha value is -4.32. The zero-order chi connectivity index (χ0) is 30.6. The molecule has 0 spiro atoms. The quantitative estimate of drug-likeness (QED) is 0.201. The minimum atomic E-state index is -3.58. The molecule has 0 fully saturated rings. The number of halogens is 4. The fraction of sp³-hybridized carbons (Fsp3) is 0.148. The lowest BCUT2D eigenvalue weighted by molar-refractivity contribution is -0.0500. The number of ether oxygens (including phenoxy) is 2. The van der Waals surface area contributed by atoms with E-state index in [9.17, 15) is 31.6 Å². The summed E-state index contributed by atoms with van der Waals surface area (Å²) in [5, 5.41) is 12.2. The molecule has 0 saturated heterocycles. The van der Waals surface area contributed by atoms with Crippen LogP contribution in [0.5, 0.6) is 11.5 Å². The highest BCUT2D eigenvalue weighted by Crippen LogP contribution is 2.37. The van der Waals surface area contributed by atoms with Crippen molar-refractivity contribution in [3.63, 3.8) is 0 Å². The van der Waals surface area contributed by atoms with Crippen LogP contribution in [0.25, 0.3) is 11.3 Å². The van der Waals surface area contributed by atoms with E-state index in [0.29, 0.717) is 10.4 Å². The summed E-state index contributed by atoms with van der Waals surface area (Å²) in [6.45, 7) is -1.66. The van der Waals surface area contributed by atoms with Crippen molar-refractivity contribution >= 4 is 50.2 Å². The molecular weight excluding hydrogens is 617 g/mol. The molecule has 2 N–H and O–H groups in total. The molecule has 0 aliphatic rings. The minimum Gasteiger partial charge on any atom is -0.487 e. The monoisotopic (exact) mass is 636 g/mol. The largest absolute Gasteiger partial charge is 0.487 e. The molecule has 0 aliphatic carbocycles. The molecule has 0 unspecified atom stereocenters. The third-order valence-electron chi connectivity index (χ3n) is 5.39. The molecule has 4 rings (SSSR count). The Bertz CT molecular complexity index is 1810. The lowest BCUT2D eigenvalue weighted by atomic mass is 10.1. The summed E-state index contributed by atoms with van der Waals surface area (Å²) in [7, 11) is -3.58. The number of hydrogen-bond donors (Lipinski definition) is 2. The van der Waals surface area contributed by atoms with Crippen LogP contribution in [0.1, 0.15) is 25.7 Å². The maximum Gasteiger partial charge on any atom is 0.387 e. The number of carbonyl (C=O) groups is 1. The smallest absolute Gasteiger partial charge is 0.387 e. The molecule has 0 bridgehead atoms. The van der Waals surface area contributed by atoms with Gasteiger partial charge in [0, 0.05) is 39.5 Å². The van der Waals surface area contributed by atoms with E-state index in [-0.39, 0.29) is 56.2 Å². The second-order valence-electron chi connectivity index (χ2n) is 8.78. The number of anilines is 2. The van der Waals surface area contributed by atoms with Crippen molar-refractivity contribution in [1.29, 1.82) is 5.26 Å². The number of thiophene rings is 1. The summed E-state index contributed by atoms with van der Waals surface area (Å²) in [5.41, 5.74) is 1.56. The number of alkyl halides is 2. The normalized spacial score (nSPS) is 11.2. The Morgan fingerprint density at radius 2 is 1.88 bits per heavy atom. The van der Waals surface area contributed by atoms with Gasteiger partial charge < -0.3 is 14.8 Å². The first-order valence-corrected chi connectivity index (χ1v) is 14.9. The van der Waals surface area contributed by atoms with Crippen LogP contribution in [-0.4, -0.2) is 32.2 Å². The van der Waals surface area contributed by atoms with E-state index in [1.165, 1.54) is 36.5 Å². The fourth-order valence-corrected chi connectivity index (χ4v) is 5.51. The topological polar surface area (TPSA) is 130 Å². The molecule has 0 atom stereocenters. The van der Waals surface area contributed by atoms with Crippen molar-refractivity contribution < 1.29 is 35.9 Å². The Morgan fingerprint density at radius 1 is 1.14 bits per heavy atom. The molecule has 0 radical (unpaired) electrons. The van der Waals surface area contributed by atoms with E-state index in [1.807, 2.05) is 6.07 Å². The third kappa shape index (κ3) is 8.12. The summed E-state index contributed by atoms with van der Waals surface area (Å²) < 4.78 is 74.7. The van der Waals surface area contributed by atoms with Gasteiger partial charge in [-0.25, -0.2) is 12.8 Å².